The number of ether oxygens (including phenoxy) is 1. The second kappa shape index (κ2) is 4.49. The molecule has 4 nitrogen and oxygen atoms in total. The molecule has 0 aliphatic carbocycles. The van der Waals surface area contributed by atoms with Gasteiger partial charge in [-0.3, -0.25) is 4.79 Å². The molecule has 2 N–H and O–H groups in total. The molecule has 1 amide bonds. The number of carbonyl (C=O) groups is 1. The summed E-state index contributed by atoms with van der Waals surface area (Å²) in [5, 5.41) is 0. The lowest BCUT2D eigenvalue weighted by Crippen LogP contribution is -2.45. The number of rotatable bonds is 1. The van der Waals surface area contributed by atoms with Crippen molar-refractivity contribution in [3.8, 4) is 0 Å². The fourth-order valence-corrected chi connectivity index (χ4v) is 2.37. The Hall–Kier alpha value is -0.610. The first-order chi connectivity index (χ1) is 7.16. The highest BCUT2D eigenvalue weighted by atomic mass is 16.5. The Kier molecular flexibility index (Phi) is 3.26. The molecule has 2 unspecified atom stereocenters. The number of piperidine rings is 1. The average molecular weight is 212 g/mol. The smallest absolute Gasteiger partial charge is 0.228 e. The maximum atomic E-state index is 12.1. The van der Waals surface area contributed by atoms with Gasteiger partial charge >= 0.3 is 0 Å². The van der Waals surface area contributed by atoms with Crippen LogP contribution in [0, 0.1) is 5.92 Å². The summed E-state index contributed by atoms with van der Waals surface area (Å²) < 4.78 is 5.43. The lowest BCUT2D eigenvalue weighted by Gasteiger charge is -2.31. The van der Waals surface area contributed by atoms with Crippen LogP contribution in [0.2, 0.25) is 0 Å². The van der Waals surface area contributed by atoms with E-state index in [4.69, 9.17) is 10.5 Å². The van der Waals surface area contributed by atoms with Gasteiger partial charge < -0.3 is 15.4 Å². The normalized spacial score (nSPS) is 33.3. The van der Waals surface area contributed by atoms with Crippen molar-refractivity contribution in [1.29, 1.82) is 0 Å². The Morgan fingerprint density at radius 2 is 2.07 bits per heavy atom. The minimum absolute atomic E-state index is 0.0920. The summed E-state index contributed by atoms with van der Waals surface area (Å²) in [7, 11) is 0. The van der Waals surface area contributed by atoms with Crippen LogP contribution in [0.3, 0.4) is 0 Å². The minimum Gasteiger partial charge on any atom is -0.378 e. The molecule has 2 aliphatic rings. The number of nitrogens with two attached hydrogens (primary N) is 1. The molecule has 4 heteroatoms. The maximum absolute atomic E-state index is 12.1. The van der Waals surface area contributed by atoms with Crippen LogP contribution in [-0.2, 0) is 9.53 Å². The molecular weight excluding hydrogens is 192 g/mol. The third kappa shape index (κ3) is 2.49. The first kappa shape index (κ1) is 10.9. The lowest BCUT2D eigenvalue weighted by molar-refractivity contribution is -0.136. The first-order valence-electron chi connectivity index (χ1n) is 5.83. The van der Waals surface area contributed by atoms with Crippen molar-refractivity contribution in [2.24, 2.45) is 11.7 Å². The van der Waals surface area contributed by atoms with Crippen LogP contribution in [0.4, 0.5) is 0 Å². The molecule has 0 saturated carbocycles. The first-order valence-corrected chi connectivity index (χ1v) is 5.83. The second-order valence-corrected chi connectivity index (χ2v) is 4.74. The van der Waals surface area contributed by atoms with Gasteiger partial charge in [-0.1, -0.05) is 0 Å². The van der Waals surface area contributed by atoms with Gasteiger partial charge in [0, 0.05) is 19.1 Å². The number of amides is 1. The zero-order chi connectivity index (χ0) is 10.8. The number of hydrogen-bond donors (Lipinski definition) is 1. The molecule has 2 heterocycles. The Morgan fingerprint density at radius 1 is 1.40 bits per heavy atom. The quantitative estimate of drug-likeness (QED) is 0.683. The van der Waals surface area contributed by atoms with E-state index in [1.54, 1.807) is 0 Å². The van der Waals surface area contributed by atoms with Crippen LogP contribution in [0.25, 0.3) is 0 Å². The Balaban J connectivity index is 1.85. The van der Waals surface area contributed by atoms with E-state index in [0.29, 0.717) is 6.61 Å². The summed E-state index contributed by atoms with van der Waals surface area (Å²) in [6.45, 7) is 4.28. The molecule has 2 fully saturated rings. The molecule has 0 bridgehead atoms. The summed E-state index contributed by atoms with van der Waals surface area (Å²) in [5.74, 6) is 0.362. The van der Waals surface area contributed by atoms with Crippen molar-refractivity contribution in [1.82, 2.24) is 4.90 Å². The zero-order valence-corrected chi connectivity index (χ0v) is 9.32. The molecular formula is C11H20N2O2. The molecule has 2 atom stereocenters. The summed E-state index contributed by atoms with van der Waals surface area (Å²) in [6.07, 6.45) is 3.00. The van der Waals surface area contributed by atoms with Crippen LogP contribution in [-0.4, -0.2) is 42.6 Å². The highest BCUT2D eigenvalue weighted by Crippen LogP contribution is 2.22. The summed E-state index contributed by atoms with van der Waals surface area (Å²) in [4.78, 5) is 14.0. The fourth-order valence-electron chi connectivity index (χ4n) is 2.37. The van der Waals surface area contributed by atoms with E-state index < -0.39 is 0 Å². The maximum Gasteiger partial charge on any atom is 0.228 e. The molecule has 0 aromatic rings. The van der Waals surface area contributed by atoms with E-state index in [-0.39, 0.29) is 24.0 Å². The minimum atomic E-state index is 0.0920. The van der Waals surface area contributed by atoms with E-state index in [0.717, 1.165) is 32.4 Å². The lowest BCUT2D eigenvalue weighted by atomic mass is 10.0. The number of nitrogens with zero attached hydrogens (tertiary/aromatic N) is 1. The molecule has 0 spiro atoms. The van der Waals surface area contributed by atoms with E-state index in [2.05, 4.69) is 0 Å². The molecule has 0 aromatic heterocycles. The van der Waals surface area contributed by atoms with Gasteiger partial charge in [0.1, 0.15) is 0 Å². The van der Waals surface area contributed by atoms with E-state index in [1.165, 1.54) is 0 Å². The van der Waals surface area contributed by atoms with Crippen molar-refractivity contribution in [3.63, 3.8) is 0 Å². The number of carbonyl (C=O) groups excluding carboxylic acids is 1. The van der Waals surface area contributed by atoms with Crippen molar-refractivity contribution < 1.29 is 9.53 Å². The monoisotopic (exact) mass is 212 g/mol. The standard InChI is InChI=1S/C11H20N2O2/c1-8-6-9(7-15-8)11(14)13-4-2-10(12)3-5-13/h8-10H,2-7,12H2,1H3. The van der Waals surface area contributed by atoms with Gasteiger partial charge in [0.25, 0.3) is 0 Å². The summed E-state index contributed by atoms with van der Waals surface area (Å²) in [6, 6.07) is 0.285. The zero-order valence-electron chi connectivity index (χ0n) is 9.32. The molecule has 0 radical (unpaired) electrons. The topological polar surface area (TPSA) is 55.6 Å². The molecule has 15 heavy (non-hydrogen) atoms. The molecule has 2 rings (SSSR count). The van der Waals surface area contributed by atoms with Crippen LogP contribution in [0.1, 0.15) is 26.2 Å². The van der Waals surface area contributed by atoms with E-state index in [9.17, 15) is 4.79 Å². The highest BCUT2D eigenvalue weighted by molar-refractivity contribution is 5.79. The fraction of sp³-hybridized carbons (Fsp3) is 0.909. The van der Waals surface area contributed by atoms with Crippen LogP contribution >= 0.6 is 0 Å². The summed E-state index contributed by atoms with van der Waals surface area (Å²) in [5.41, 5.74) is 5.81. The Labute approximate surface area is 90.8 Å². The van der Waals surface area contributed by atoms with Crippen molar-refractivity contribution >= 4 is 5.91 Å². The summed E-state index contributed by atoms with van der Waals surface area (Å²) >= 11 is 0. The van der Waals surface area contributed by atoms with E-state index in [1.807, 2.05) is 11.8 Å². The predicted octanol–water partition coefficient (Wildman–Crippen LogP) is 0.361. The SMILES string of the molecule is CC1CC(C(=O)N2CCC(N)CC2)CO1. The Bertz CT molecular complexity index is 237. The highest BCUT2D eigenvalue weighted by Gasteiger charge is 2.32. The number of hydrogen-bond acceptors (Lipinski definition) is 3. The molecule has 2 saturated heterocycles. The molecule has 86 valence electrons. The van der Waals surface area contributed by atoms with Gasteiger partial charge in [0.05, 0.1) is 18.6 Å². The van der Waals surface area contributed by atoms with Crippen molar-refractivity contribution in [3.05, 3.63) is 0 Å². The molecule has 2 aliphatic heterocycles. The van der Waals surface area contributed by atoms with Crippen LogP contribution in [0.5, 0.6) is 0 Å². The third-order valence-corrected chi connectivity index (χ3v) is 3.40. The molecule has 0 aromatic carbocycles. The van der Waals surface area contributed by atoms with E-state index >= 15 is 0 Å². The second-order valence-electron chi connectivity index (χ2n) is 4.74. The van der Waals surface area contributed by atoms with Gasteiger partial charge in [-0.25, -0.2) is 0 Å². The third-order valence-electron chi connectivity index (χ3n) is 3.40. The van der Waals surface area contributed by atoms with Gasteiger partial charge in [-0.2, -0.15) is 0 Å². The van der Waals surface area contributed by atoms with Crippen molar-refractivity contribution in [2.45, 2.75) is 38.3 Å². The van der Waals surface area contributed by atoms with Gasteiger partial charge in [-0.15, -0.1) is 0 Å². The van der Waals surface area contributed by atoms with Crippen LogP contribution < -0.4 is 5.73 Å². The average Bonchev–Trinajstić information content (AvgIpc) is 2.65. The van der Waals surface area contributed by atoms with Gasteiger partial charge in [0.2, 0.25) is 5.91 Å². The van der Waals surface area contributed by atoms with Crippen LogP contribution in [0.15, 0.2) is 0 Å². The van der Waals surface area contributed by atoms with Crippen molar-refractivity contribution in [2.75, 3.05) is 19.7 Å². The van der Waals surface area contributed by atoms with Gasteiger partial charge in [-0.05, 0) is 26.2 Å². The Morgan fingerprint density at radius 3 is 2.60 bits per heavy atom. The largest absolute Gasteiger partial charge is 0.378 e. The van der Waals surface area contributed by atoms with Gasteiger partial charge in [0.15, 0.2) is 0 Å². The predicted molar refractivity (Wildman–Crippen MR) is 57.3 cm³/mol. The number of likely N-dealkylation sites (tertiary alicyclic amines) is 1.